The van der Waals surface area contributed by atoms with Gasteiger partial charge in [-0.15, -0.1) is 0 Å². The number of carbonyl (C=O) groups is 3. The topological polar surface area (TPSA) is 232 Å². The second-order valence-electron chi connectivity index (χ2n) is 11.6. The second kappa shape index (κ2) is 13.6. The van der Waals surface area contributed by atoms with Gasteiger partial charge in [-0.25, -0.2) is 14.4 Å². The summed E-state index contributed by atoms with van der Waals surface area (Å²) in [6.07, 6.45) is -5.29. The molecule has 4 rings (SSSR count). The van der Waals surface area contributed by atoms with Crippen molar-refractivity contribution in [2.75, 3.05) is 12.4 Å². The summed E-state index contributed by atoms with van der Waals surface area (Å²) in [5.74, 6) is -1.21. The van der Waals surface area contributed by atoms with Crippen LogP contribution in [0.2, 0.25) is 0 Å². The molecular weight excluding hydrogens is 618 g/mol. The minimum absolute atomic E-state index is 0.00439. The lowest BCUT2D eigenvalue weighted by atomic mass is 9.89. The highest BCUT2D eigenvalue weighted by atomic mass is 16.7. The fourth-order valence-electron chi connectivity index (χ4n) is 5.30. The number of aromatic hydroxyl groups is 2. The highest BCUT2D eigenvalue weighted by Crippen LogP contribution is 2.39. The number of phenolic OH excluding ortho intramolecular Hbond substituents is 1. The number of anilines is 1. The summed E-state index contributed by atoms with van der Waals surface area (Å²) in [6, 6.07) is 7.02. The number of allylic oxidation sites excluding steroid dienone is 2. The molecule has 2 aromatic carbocycles. The molecule has 3 amide bonds. The van der Waals surface area contributed by atoms with Crippen LogP contribution in [-0.4, -0.2) is 65.6 Å². The van der Waals surface area contributed by atoms with Crippen LogP contribution < -0.4 is 27.1 Å². The molecule has 0 bridgehead atoms. The quantitative estimate of drug-likeness (QED) is 0.164. The standard InChI is InChI=1S/C32H37N3O12/c1-14(2)7-8-16-13-17(9-11-19(16)36)27(38)35-21-22(37)18-10-12-20(15(3)23(18)44-28(21)39)43-29-25(46-31(34)41)24(45-30(33)40)26(42-6)32(4,5)47-29/h7,9-13,24-26,29,36-37H,8H2,1-6H3,(H2,33,40)(H2,34,41)(H,35,38)/t24-,25+,26+,29-/m0/s1. The third-order valence-corrected chi connectivity index (χ3v) is 7.55. The Labute approximate surface area is 269 Å². The van der Waals surface area contributed by atoms with Gasteiger partial charge in [0.1, 0.15) is 23.2 Å². The number of phenols is 1. The largest absolute Gasteiger partial charge is 0.508 e. The minimum Gasteiger partial charge on any atom is -0.508 e. The second-order valence-corrected chi connectivity index (χ2v) is 11.6. The summed E-state index contributed by atoms with van der Waals surface area (Å²) in [7, 11) is 1.34. The average molecular weight is 656 g/mol. The fourth-order valence-corrected chi connectivity index (χ4v) is 5.30. The van der Waals surface area contributed by atoms with E-state index in [2.05, 4.69) is 5.32 Å². The number of hydrogen-bond acceptors (Lipinski definition) is 12. The van der Waals surface area contributed by atoms with Gasteiger partial charge in [0.05, 0.1) is 11.0 Å². The van der Waals surface area contributed by atoms with Crippen molar-refractivity contribution in [2.24, 2.45) is 11.5 Å². The molecule has 0 saturated carbocycles. The Bertz CT molecular complexity index is 1790. The van der Waals surface area contributed by atoms with Crippen LogP contribution in [0.25, 0.3) is 11.0 Å². The first-order valence-corrected chi connectivity index (χ1v) is 14.4. The number of aryl methyl sites for hydroxylation is 1. The zero-order valence-electron chi connectivity index (χ0n) is 26.6. The zero-order chi connectivity index (χ0) is 34.8. The minimum atomic E-state index is -1.45. The first kappa shape index (κ1) is 34.6. The summed E-state index contributed by atoms with van der Waals surface area (Å²) in [4.78, 5) is 49.7. The van der Waals surface area contributed by atoms with Crippen molar-refractivity contribution in [1.82, 2.24) is 0 Å². The number of primary amides is 2. The molecule has 1 aromatic heterocycles. The number of carbonyl (C=O) groups excluding carboxylic acids is 3. The Balaban J connectivity index is 1.67. The van der Waals surface area contributed by atoms with Gasteiger partial charge >= 0.3 is 17.8 Å². The van der Waals surface area contributed by atoms with Crippen molar-refractivity contribution in [3.8, 4) is 17.2 Å². The average Bonchev–Trinajstić information content (AvgIpc) is 2.97. The van der Waals surface area contributed by atoms with Crippen LogP contribution in [0.3, 0.4) is 0 Å². The third kappa shape index (κ3) is 7.42. The molecule has 0 radical (unpaired) electrons. The van der Waals surface area contributed by atoms with Crippen molar-refractivity contribution in [1.29, 1.82) is 0 Å². The van der Waals surface area contributed by atoms with E-state index < -0.39 is 65.4 Å². The maximum Gasteiger partial charge on any atom is 0.405 e. The monoisotopic (exact) mass is 655 g/mol. The van der Waals surface area contributed by atoms with E-state index in [-0.39, 0.29) is 33.6 Å². The van der Waals surface area contributed by atoms with Gasteiger partial charge in [-0.1, -0.05) is 11.6 Å². The molecule has 1 aliphatic heterocycles. The van der Waals surface area contributed by atoms with E-state index in [9.17, 15) is 29.4 Å². The van der Waals surface area contributed by atoms with Gasteiger partial charge in [-0.05, 0) is 76.9 Å². The van der Waals surface area contributed by atoms with E-state index in [4.69, 9.17) is 39.6 Å². The molecule has 1 aliphatic rings. The number of ether oxygens (including phenoxy) is 5. The number of nitrogens with one attached hydrogen (secondary N) is 1. The Kier molecular flexibility index (Phi) is 10.0. The van der Waals surface area contributed by atoms with Crippen molar-refractivity contribution >= 4 is 34.8 Å². The Hall–Kier alpha value is -5.28. The molecule has 3 aromatic rings. The van der Waals surface area contributed by atoms with Gasteiger partial charge in [0.25, 0.3) is 5.91 Å². The fraction of sp³-hybridized carbons (Fsp3) is 0.375. The van der Waals surface area contributed by atoms with Gasteiger partial charge in [-0.2, -0.15) is 0 Å². The van der Waals surface area contributed by atoms with Gasteiger partial charge < -0.3 is 55.1 Å². The van der Waals surface area contributed by atoms with Crippen molar-refractivity contribution < 1.29 is 52.7 Å². The number of fused-ring (bicyclic) bond motifs is 1. The lowest BCUT2D eigenvalue weighted by molar-refractivity contribution is -0.303. The first-order chi connectivity index (χ1) is 22.0. The molecule has 0 aliphatic carbocycles. The molecule has 1 fully saturated rings. The molecule has 15 heteroatoms. The molecule has 4 atom stereocenters. The summed E-state index contributed by atoms with van der Waals surface area (Å²) in [6.45, 7) is 8.57. The molecule has 1 saturated heterocycles. The number of benzene rings is 2. The van der Waals surface area contributed by atoms with Crippen LogP contribution in [0.15, 0.2) is 51.2 Å². The lowest BCUT2D eigenvalue weighted by Crippen LogP contribution is -2.66. The summed E-state index contributed by atoms with van der Waals surface area (Å²) in [5.41, 5.74) is 9.60. The number of rotatable bonds is 9. The molecular formula is C32H37N3O12. The summed E-state index contributed by atoms with van der Waals surface area (Å²) < 4.78 is 33.5. The van der Waals surface area contributed by atoms with E-state index >= 15 is 0 Å². The molecule has 0 unspecified atom stereocenters. The summed E-state index contributed by atoms with van der Waals surface area (Å²) in [5, 5.41) is 23.7. The van der Waals surface area contributed by atoms with E-state index in [1.165, 1.54) is 44.4 Å². The van der Waals surface area contributed by atoms with E-state index in [1.807, 2.05) is 19.9 Å². The van der Waals surface area contributed by atoms with Crippen molar-refractivity contribution in [2.45, 2.75) is 71.2 Å². The molecule has 2 heterocycles. The molecule has 15 nitrogen and oxygen atoms in total. The number of nitrogens with two attached hydrogens (primary N) is 2. The predicted octanol–water partition coefficient (Wildman–Crippen LogP) is 3.73. The van der Waals surface area contributed by atoms with Crippen molar-refractivity contribution in [3.63, 3.8) is 0 Å². The van der Waals surface area contributed by atoms with E-state index in [0.29, 0.717) is 12.0 Å². The van der Waals surface area contributed by atoms with Gasteiger partial charge in [-0.3, -0.25) is 4.79 Å². The van der Waals surface area contributed by atoms with Crippen molar-refractivity contribution in [3.05, 3.63) is 69.1 Å². The van der Waals surface area contributed by atoms with Gasteiger partial charge in [0.15, 0.2) is 17.5 Å². The number of methoxy groups -OCH3 is 1. The van der Waals surface area contributed by atoms with E-state index in [0.717, 1.165) is 5.57 Å². The molecule has 252 valence electrons. The smallest absolute Gasteiger partial charge is 0.405 e. The van der Waals surface area contributed by atoms with Crippen LogP contribution in [0.4, 0.5) is 15.3 Å². The normalized spacial score (nSPS) is 20.2. The highest BCUT2D eigenvalue weighted by Gasteiger charge is 2.55. The van der Waals surface area contributed by atoms with Gasteiger partial charge in [0, 0.05) is 18.2 Å². The van der Waals surface area contributed by atoms with E-state index in [1.54, 1.807) is 13.8 Å². The maximum atomic E-state index is 13.1. The maximum absolute atomic E-state index is 13.1. The van der Waals surface area contributed by atoms with Crippen LogP contribution in [0.5, 0.6) is 17.2 Å². The molecule has 7 N–H and O–H groups in total. The molecule has 47 heavy (non-hydrogen) atoms. The highest BCUT2D eigenvalue weighted by molar-refractivity contribution is 6.06. The first-order valence-electron chi connectivity index (χ1n) is 14.4. The van der Waals surface area contributed by atoms with Crippen LogP contribution >= 0.6 is 0 Å². The number of amides is 3. The van der Waals surface area contributed by atoms with Gasteiger partial charge in [0.2, 0.25) is 12.4 Å². The SMILES string of the molecule is CO[C@@H]1[C@@H](OC(N)=O)[C@@H](OC(N)=O)[C@@H](Oc2ccc3c(O)c(NC(=O)c4ccc(O)c(CC=C(C)C)c4)c(=O)oc3c2C)OC1(C)C. The van der Waals surface area contributed by atoms with Crippen LogP contribution in [0, 0.1) is 6.92 Å². The zero-order valence-corrected chi connectivity index (χ0v) is 26.6. The Morgan fingerprint density at radius 3 is 2.32 bits per heavy atom. The Morgan fingerprint density at radius 1 is 1.04 bits per heavy atom. The van der Waals surface area contributed by atoms with Crippen LogP contribution in [-0.2, 0) is 25.4 Å². The lowest BCUT2D eigenvalue weighted by Gasteiger charge is -2.48. The Morgan fingerprint density at radius 2 is 1.70 bits per heavy atom. The van der Waals surface area contributed by atoms with Crippen LogP contribution in [0.1, 0.15) is 49.2 Å². The predicted molar refractivity (Wildman–Crippen MR) is 167 cm³/mol. The summed E-state index contributed by atoms with van der Waals surface area (Å²) >= 11 is 0. The third-order valence-electron chi connectivity index (χ3n) is 7.55. The number of hydrogen-bond donors (Lipinski definition) is 5. The molecule has 0 spiro atoms.